The molecule has 1 aliphatic heterocycles. The van der Waals surface area contributed by atoms with E-state index in [1.54, 1.807) is 30.3 Å². The lowest BCUT2D eigenvalue weighted by Gasteiger charge is -2.39. The second-order valence-electron chi connectivity index (χ2n) is 9.33. The van der Waals surface area contributed by atoms with E-state index in [1.807, 2.05) is 42.5 Å². The van der Waals surface area contributed by atoms with Crippen molar-refractivity contribution >= 4 is 12.0 Å². The van der Waals surface area contributed by atoms with Crippen molar-refractivity contribution < 1.29 is 18.7 Å². The Hall–Kier alpha value is -4.13. The Bertz CT molecular complexity index is 1270. The lowest BCUT2D eigenvalue weighted by Crippen LogP contribution is -2.47. The molecule has 0 aliphatic carbocycles. The van der Waals surface area contributed by atoms with E-state index in [2.05, 4.69) is 34.1 Å². The van der Waals surface area contributed by atoms with Crippen LogP contribution in [0.5, 0.6) is 0 Å². The Morgan fingerprint density at radius 3 is 1.67 bits per heavy atom. The van der Waals surface area contributed by atoms with Crippen LogP contribution in [-0.2, 0) is 0 Å². The number of halogens is 2. The molecule has 5 rings (SSSR count). The number of benzene rings is 4. The molecular formula is C33H32F2N2O2. The Morgan fingerprint density at radius 1 is 0.718 bits per heavy atom. The number of hydrogen-bond donors (Lipinski definition) is 1. The molecule has 6 heteroatoms. The van der Waals surface area contributed by atoms with Crippen LogP contribution in [0.25, 0.3) is 6.08 Å². The summed E-state index contributed by atoms with van der Waals surface area (Å²) in [5.74, 6) is -1.37. The first-order valence-electron chi connectivity index (χ1n) is 13.0. The van der Waals surface area contributed by atoms with Crippen LogP contribution in [-0.4, -0.2) is 53.6 Å². The van der Waals surface area contributed by atoms with Crippen LogP contribution in [0.4, 0.5) is 8.78 Å². The Morgan fingerprint density at radius 2 is 1.21 bits per heavy atom. The number of hydrogen-bond acceptors (Lipinski definition) is 3. The summed E-state index contributed by atoms with van der Waals surface area (Å²) in [5.41, 5.74) is 3.60. The van der Waals surface area contributed by atoms with Crippen molar-refractivity contribution in [2.24, 2.45) is 0 Å². The number of piperazine rings is 1. The van der Waals surface area contributed by atoms with Crippen LogP contribution in [0.15, 0.2) is 115 Å². The maximum absolute atomic E-state index is 13.5. The lowest BCUT2D eigenvalue weighted by atomic mass is 9.96. The zero-order chi connectivity index (χ0) is 27.5. The van der Waals surface area contributed by atoms with Gasteiger partial charge >= 0.3 is 5.97 Å². The molecule has 4 aromatic carbocycles. The van der Waals surface area contributed by atoms with Gasteiger partial charge in [-0.2, -0.15) is 0 Å². The summed E-state index contributed by atoms with van der Waals surface area (Å²) < 4.78 is 26.9. The van der Waals surface area contributed by atoms with Crippen LogP contribution < -0.4 is 0 Å². The van der Waals surface area contributed by atoms with Gasteiger partial charge in [0.25, 0.3) is 0 Å². The van der Waals surface area contributed by atoms with E-state index in [-0.39, 0.29) is 17.7 Å². The summed E-state index contributed by atoms with van der Waals surface area (Å²) in [4.78, 5) is 15.0. The standard InChI is InChI=1S/C26H26F2N2.C7H6O2/c27-24-12-8-22(9-13-24)26(23-10-14-25(28)15-11-23)30-19-17-29(18-20-30)16-4-7-21-5-2-1-3-6-21;8-7(9)6-4-2-1-3-5-6/h1-15,26H,16-20H2;1-5H,(H,8,9)/b7-4+;. The highest BCUT2D eigenvalue weighted by molar-refractivity contribution is 5.87. The van der Waals surface area contributed by atoms with Crippen molar-refractivity contribution in [2.75, 3.05) is 32.7 Å². The van der Waals surface area contributed by atoms with Crippen molar-refractivity contribution in [1.82, 2.24) is 9.80 Å². The van der Waals surface area contributed by atoms with Crippen molar-refractivity contribution in [3.8, 4) is 0 Å². The maximum atomic E-state index is 13.5. The van der Waals surface area contributed by atoms with Gasteiger partial charge in [-0.05, 0) is 53.1 Å². The zero-order valence-corrected chi connectivity index (χ0v) is 21.7. The molecular weight excluding hydrogens is 494 g/mol. The molecule has 0 aromatic heterocycles. The van der Waals surface area contributed by atoms with E-state index < -0.39 is 5.97 Å². The Balaban J connectivity index is 0.000000333. The van der Waals surface area contributed by atoms with Gasteiger partial charge in [-0.3, -0.25) is 9.80 Å². The SMILES string of the molecule is Fc1ccc(C(c2ccc(F)cc2)N2CCN(C/C=C/c3ccccc3)CC2)cc1.O=C(O)c1ccccc1. The van der Waals surface area contributed by atoms with Gasteiger partial charge in [0.15, 0.2) is 0 Å². The van der Waals surface area contributed by atoms with E-state index in [9.17, 15) is 13.6 Å². The molecule has 0 bridgehead atoms. The first-order valence-corrected chi connectivity index (χ1v) is 13.0. The first-order chi connectivity index (χ1) is 19.0. The molecule has 0 unspecified atom stereocenters. The summed E-state index contributed by atoms with van der Waals surface area (Å²) in [5, 5.41) is 8.38. The smallest absolute Gasteiger partial charge is 0.335 e. The molecule has 0 spiro atoms. The fraction of sp³-hybridized carbons (Fsp3) is 0.182. The summed E-state index contributed by atoms with van der Waals surface area (Å²) in [6, 6.07) is 31.9. The van der Waals surface area contributed by atoms with Gasteiger partial charge in [0.1, 0.15) is 11.6 Å². The highest BCUT2D eigenvalue weighted by atomic mass is 19.1. The second-order valence-corrected chi connectivity index (χ2v) is 9.33. The van der Waals surface area contributed by atoms with E-state index in [1.165, 1.54) is 29.8 Å². The predicted molar refractivity (Wildman–Crippen MR) is 152 cm³/mol. The number of aromatic carboxylic acids is 1. The highest BCUT2D eigenvalue weighted by Gasteiger charge is 2.26. The first kappa shape index (κ1) is 27.9. The van der Waals surface area contributed by atoms with Crippen LogP contribution >= 0.6 is 0 Å². The highest BCUT2D eigenvalue weighted by Crippen LogP contribution is 2.30. The van der Waals surface area contributed by atoms with Crippen LogP contribution in [0, 0.1) is 11.6 Å². The Kier molecular flexibility index (Phi) is 10.1. The summed E-state index contributed by atoms with van der Waals surface area (Å²) >= 11 is 0. The average molecular weight is 527 g/mol. The topological polar surface area (TPSA) is 43.8 Å². The normalized spacial score (nSPS) is 14.2. The monoisotopic (exact) mass is 526 g/mol. The van der Waals surface area contributed by atoms with Crippen molar-refractivity contribution in [2.45, 2.75) is 6.04 Å². The number of rotatable bonds is 7. The molecule has 4 aromatic rings. The summed E-state index contributed by atoms with van der Waals surface area (Å²) in [6.07, 6.45) is 4.37. The molecule has 0 saturated carbocycles. The number of nitrogens with zero attached hydrogens (tertiary/aromatic N) is 2. The van der Waals surface area contributed by atoms with Gasteiger partial charge in [0.05, 0.1) is 11.6 Å². The third kappa shape index (κ3) is 8.43. The van der Waals surface area contributed by atoms with E-state index >= 15 is 0 Å². The quantitative estimate of drug-likeness (QED) is 0.289. The molecule has 200 valence electrons. The molecule has 4 nitrogen and oxygen atoms in total. The molecule has 1 fully saturated rings. The van der Waals surface area contributed by atoms with Crippen LogP contribution in [0.1, 0.15) is 33.1 Å². The third-order valence-corrected chi connectivity index (χ3v) is 6.64. The van der Waals surface area contributed by atoms with E-state index in [4.69, 9.17) is 5.11 Å². The van der Waals surface area contributed by atoms with Gasteiger partial charge < -0.3 is 5.11 Å². The van der Waals surface area contributed by atoms with Crippen molar-refractivity contribution in [3.63, 3.8) is 0 Å². The minimum Gasteiger partial charge on any atom is -0.478 e. The predicted octanol–water partition coefficient (Wildman–Crippen LogP) is 6.77. The minimum atomic E-state index is -0.879. The lowest BCUT2D eigenvalue weighted by molar-refractivity contribution is 0.0697. The van der Waals surface area contributed by atoms with Gasteiger partial charge in [-0.25, -0.2) is 13.6 Å². The average Bonchev–Trinajstić information content (AvgIpc) is 2.97. The molecule has 1 heterocycles. The van der Waals surface area contributed by atoms with Gasteiger partial charge in [0.2, 0.25) is 0 Å². The zero-order valence-electron chi connectivity index (χ0n) is 21.7. The fourth-order valence-electron chi connectivity index (χ4n) is 4.59. The van der Waals surface area contributed by atoms with Gasteiger partial charge in [-0.15, -0.1) is 0 Å². The van der Waals surface area contributed by atoms with Crippen molar-refractivity contribution in [1.29, 1.82) is 0 Å². The Labute approximate surface area is 228 Å². The number of carboxylic acid groups (broad SMARTS) is 1. The summed E-state index contributed by atoms with van der Waals surface area (Å²) in [6.45, 7) is 4.63. The largest absolute Gasteiger partial charge is 0.478 e. The van der Waals surface area contributed by atoms with Crippen molar-refractivity contribution in [3.05, 3.63) is 149 Å². The second kappa shape index (κ2) is 14.1. The molecule has 39 heavy (non-hydrogen) atoms. The molecule has 1 saturated heterocycles. The van der Waals surface area contributed by atoms with Gasteiger partial charge in [0, 0.05) is 32.7 Å². The molecule has 0 atom stereocenters. The van der Waals surface area contributed by atoms with Crippen LogP contribution in [0.3, 0.4) is 0 Å². The molecule has 0 radical (unpaired) electrons. The molecule has 0 amide bonds. The van der Waals surface area contributed by atoms with Gasteiger partial charge in [-0.1, -0.05) is 84.9 Å². The third-order valence-electron chi connectivity index (χ3n) is 6.64. The number of carbonyl (C=O) groups is 1. The minimum absolute atomic E-state index is 0.00629. The molecule has 1 aliphatic rings. The van der Waals surface area contributed by atoms with E-state index in [0.29, 0.717) is 5.56 Å². The molecule has 1 N–H and O–H groups in total. The maximum Gasteiger partial charge on any atom is 0.335 e. The summed E-state index contributed by atoms with van der Waals surface area (Å²) in [7, 11) is 0. The number of carboxylic acids is 1. The van der Waals surface area contributed by atoms with E-state index in [0.717, 1.165) is 43.9 Å². The van der Waals surface area contributed by atoms with Crippen LogP contribution in [0.2, 0.25) is 0 Å². The fourth-order valence-corrected chi connectivity index (χ4v) is 4.59.